The quantitative estimate of drug-likeness (QED) is 0.717. The van der Waals surface area contributed by atoms with E-state index in [-0.39, 0.29) is 11.9 Å². The van der Waals surface area contributed by atoms with Crippen molar-refractivity contribution in [2.75, 3.05) is 12.8 Å². The molecule has 1 aromatic heterocycles. The van der Waals surface area contributed by atoms with Gasteiger partial charge in [0.1, 0.15) is 5.69 Å². The van der Waals surface area contributed by atoms with Crippen molar-refractivity contribution in [2.45, 2.75) is 25.8 Å². The van der Waals surface area contributed by atoms with Gasteiger partial charge in [0.25, 0.3) is 5.91 Å². The molecule has 0 aliphatic carbocycles. The summed E-state index contributed by atoms with van der Waals surface area (Å²) in [5.41, 5.74) is 2.21. The predicted molar refractivity (Wildman–Crippen MR) is 72.6 cm³/mol. The first kappa shape index (κ1) is 11.8. The highest BCUT2D eigenvalue weighted by atomic mass is 32.2. The monoisotopic (exact) mass is 264 g/mol. The van der Waals surface area contributed by atoms with Crippen LogP contribution in [-0.2, 0) is 7.05 Å². The van der Waals surface area contributed by atoms with Gasteiger partial charge in [0.05, 0.1) is 16.8 Å². The molecule has 18 heavy (non-hydrogen) atoms. The molecular weight excluding hydrogens is 248 g/mol. The molecule has 1 fully saturated rings. The normalized spacial score (nSPS) is 22.6. The summed E-state index contributed by atoms with van der Waals surface area (Å²) in [7, 11) is 1.85. The van der Waals surface area contributed by atoms with Crippen molar-refractivity contribution >= 4 is 28.4 Å². The second-order valence-corrected chi connectivity index (χ2v) is 5.54. The molecule has 3 rings (SSSR count). The van der Waals surface area contributed by atoms with Crippen LogP contribution in [0.2, 0.25) is 0 Å². The van der Waals surface area contributed by atoms with Crippen LogP contribution in [0.25, 0.3) is 0 Å². The average molecular weight is 264 g/mol. The van der Waals surface area contributed by atoms with Gasteiger partial charge in [0, 0.05) is 13.6 Å². The zero-order chi connectivity index (χ0) is 12.9. The molecule has 1 saturated heterocycles. The molecule has 3 heterocycles. The fourth-order valence-electron chi connectivity index (χ4n) is 2.64. The Hall–Kier alpha value is -1.30. The molecule has 1 atom stereocenters. The van der Waals surface area contributed by atoms with E-state index in [0.717, 1.165) is 35.8 Å². The van der Waals surface area contributed by atoms with Gasteiger partial charge in [-0.15, -0.1) is 11.8 Å². The smallest absolute Gasteiger partial charge is 0.277 e. The number of nitrogens with zero attached hydrogens (tertiary/aromatic N) is 4. The highest BCUT2D eigenvalue weighted by molar-refractivity contribution is 8.13. The number of carbonyl (C=O) groups is 1. The molecule has 1 aromatic rings. The number of rotatable bonds is 0. The molecule has 2 aliphatic rings. The standard InChI is InChI=1S/C12H16N4OS/c1-7-9-10(14-15(7)2)12(17)16-6-4-5-8(16)11(13-9)18-3/h8H,4-6H2,1-3H3/t8-/m0/s1. The lowest BCUT2D eigenvalue weighted by Gasteiger charge is -2.22. The topological polar surface area (TPSA) is 50.5 Å². The first-order valence-corrected chi connectivity index (χ1v) is 7.33. The van der Waals surface area contributed by atoms with Crippen molar-refractivity contribution < 1.29 is 4.79 Å². The Balaban J connectivity index is 2.20. The number of carbonyl (C=O) groups excluding carboxylic acids is 1. The number of aromatic nitrogens is 2. The number of hydrogen-bond donors (Lipinski definition) is 0. The van der Waals surface area contributed by atoms with E-state index in [1.165, 1.54) is 0 Å². The molecule has 5 nitrogen and oxygen atoms in total. The van der Waals surface area contributed by atoms with E-state index in [4.69, 9.17) is 4.99 Å². The molecule has 0 unspecified atom stereocenters. The highest BCUT2D eigenvalue weighted by Gasteiger charge is 2.38. The third kappa shape index (κ3) is 1.51. The minimum atomic E-state index is 0.0315. The molecule has 1 amide bonds. The summed E-state index contributed by atoms with van der Waals surface area (Å²) in [6.45, 7) is 2.77. The zero-order valence-corrected chi connectivity index (χ0v) is 11.6. The lowest BCUT2D eigenvalue weighted by Crippen LogP contribution is -2.38. The van der Waals surface area contributed by atoms with Crippen molar-refractivity contribution in [1.29, 1.82) is 0 Å². The molecule has 0 aromatic carbocycles. The van der Waals surface area contributed by atoms with Crippen LogP contribution >= 0.6 is 11.8 Å². The third-order valence-electron chi connectivity index (χ3n) is 3.73. The Morgan fingerprint density at radius 1 is 1.44 bits per heavy atom. The van der Waals surface area contributed by atoms with Crippen LogP contribution in [0.3, 0.4) is 0 Å². The number of thioether (sulfide) groups is 1. The maximum atomic E-state index is 12.5. The maximum absolute atomic E-state index is 12.5. The van der Waals surface area contributed by atoms with E-state index < -0.39 is 0 Å². The second kappa shape index (κ2) is 4.12. The van der Waals surface area contributed by atoms with Gasteiger partial charge in [0.15, 0.2) is 5.69 Å². The van der Waals surface area contributed by atoms with Crippen LogP contribution in [0.5, 0.6) is 0 Å². The summed E-state index contributed by atoms with van der Waals surface area (Å²) in [6, 6.07) is 0.159. The number of amides is 1. The molecule has 0 spiro atoms. The minimum Gasteiger partial charge on any atom is -0.328 e. The number of aryl methyl sites for hydroxylation is 1. The van der Waals surface area contributed by atoms with E-state index in [1.807, 2.05) is 25.1 Å². The summed E-state index contributed by atoms with van der Waals surface area (Å²) >= 11 is 1.64. The van der Waals surface area contributed by atoms with Crippen molar-refractivity contribution in [3.8, 4) is 0 Å². The van der Waals surface area contributed by atoms with Gasteiger partial charge in [-0.25, -0.2) is 4.99 Å². The van der Waals surface area contributed by atoms with Crippen LogP contribution < -0.4 is 0 Å². The third-order valence-corrected chi connectivity index (χ3v) is 4.52. The molecule has 2 aliphatic heterocycles. The Morgan fingerprint density at radius 2 is 2.22 bits per heavy atom. The first-order valence-electron chi connectivity index (χ1n) is 6.10. The predicted octanol–water partition coefficient (Wildman–Crippen LogP) is 1.74. The highest BCUT2D eigenvalue weighted by Crippen LogP contribution is 2.34. The SMILES string of the molecule is CSC1=Nc2c(nn(C)c2C)C(=O)N2CCC[C@@H]12. The molecule has 96 valence electrons. The van der Waals surface area contributed by atoms with Crippen molar-refractivity contribution in [3.63, 3.8) is 0 Å². The van der Waals surface area contributed by atoms with Crippen molar-refractivity contribution in [2.24, 2.45) is 12.0 Å². The summed E-state index contributed by atoms with van der Waals surface area (Å²) in [5, 5.41) is 5.37. The van der Waals surface area contributed by atoms with Gasteiger partial charge < -0.3 is 4.90 Å². The van der Waals surface area contributed by atoms with Crippen LogP contribution in [0.4, 0.5) is 5.69 Å². The minimum absolute atomic E-state index is 0.0315. The summed E-state index contributed by atoms with van der Waals surface area (Å²) in [5.74, 6) is 0.0315. The number of aliphatic imine (C=N–C) groups is 1. The van der Waals surface area contributed by atoms with Gasteiger partial charge in [-0.05, 0) is 26.0 Å². The lowest BCUT2D eigenvalue weighted by atomic mass is 10.2. The van der Waals surface area contributed by atoms with E-state index in [1.54, 1.807) is 16.4 Å². The number of hydrogen-bond acceptors (Lipinski definition) is 4. The summed E-state index contributed by atoms with van der Waals surface area (Å²) in [6.07, 6.45) is 4.09. The summed E-state index contributed by atoms with van der Waals surface area (Å²) < 4.78 is 1.74. The molecule has 0 N–H and O–H groups in total. The Bertz CT molecular complexity index is 549. The Morgan fingerprint density at radius 3 is 2.94 bits per heavy atom. The molecule has 0 bridgehead atoms. The van der Waals surface area contributed by atoms with Gasteiger partial charge in [-0.3, -0.25) is 9.48 Å². The van der Waals surface area contributed by atoms with Gasteiger partial charge >= 0.3 is 0 Å². The van der Waals surface area contributed by atoms with E-state index >= 15 is 0 Å². The molecule has 6 heteroatoms. The lowest BCUT2D eigenvalue weighted by molar-refractivity contribution is 0.0767. The zero-order valence-electron chi connectivity index (χ0n) is 10.8. The fraction of sp³-hybridized carbons (Fsp3) is 0.583. The largest absolute Gasteiger partial charge is 0.328 e. The maximum Gasteiger partial charge on any atom is 0.277 e. The van der Waals surface area contributed by atoms with Crippen LogP contribution in [-0.4, -0.2) is 44.5 Å². The average Bonchev–Trinajstić information content (AvgIpc) is 2.91. The van der Waals surface area contributed by atoms with E-state index in [0.29, 0.717) is 5.69 Å². The van der Waals surface area contributed by atoms with Gasteiger partial charge in [-0.2, -0.15) is 5.10 Å². The summed E-state index contributed by atoms with van der Waals surface area (Å²) in [4.78, 5) is 19.1. The van der Waals surface area contributed by atoms with E-state index in [9.17, 15) is 4.79 Å². The molecular formula is C12H16N4OS. The van der Waals surface area contributed by atoms with Crippen molar-refractivity contribution in [3.05, 3.63) is 11.4 Å². The van der Waals surface area contributed by atoms with E-state index in [2.05, 4.69) is 5.10 Å². The van der Waals surface area contributed by atoms with Gasteiger partial charge in [0.2, 0.25) is 0 Å². The van der Waals surface area contributed by atoms with Gasteiger partial charge in [-0.1, -0.05) is 0 Å². The molecule has 0 radical (unpaired) electrons. The Labute approximate surface area is 110 Å². The fourth-order valence-corrected chi connectivity index (χ4v) is 3.34. The first-order chi connectivity index (χ1) is 8.63. The van der Waals surface area contributed by atoms with Crippen LogP contribution in [0.15, 0.2) is 4.99 Å². The second-order valence-electron chi connectivity index (χ2n) is 4.72. The number of fused-ring (bicyclic) bond motifs is 2. The Kier molecular flexibility index (Phi) is 2.69. The molecule has 0 saturated carbocycles. The van der Waals surface area contributed by atoms with Crippen LogP contribution in [0, 0.1) is 6.92 Å². The van der Waals surface area contributed by atoms with Crippen LogP contribution in [0.1, 0.15) is 29.0 Å². The van der Waals surface area contributed by atoms with Crippen molar-refractivity contribution in [1.82, 2.24) is 14.7 Å².